The molecule has 8 heteroatoms. The molecule has 1 atom stereocenters. The Morgan fingerprint density at radius 2 is 1.94 bits per heavy atom. The highest BCUT2D eigenvalue weighted by Crippen LogP contribution is 2.37. The summed E-state index contributed by atoms with van der Waals surface area (Å²) in [6, 6.07) is 14.8. The van der Waals surface area contributed by atoms with E-state index in [0.717, 1.165) is 22.6 Å². The Labute approximate surface area is 200 Å². The van der Waals surface area contributed by atoms with E-state index in [1.54, 1.807) is 35.2 Å². The molecule has 0 bridgehead atoms. The number of halogens is 3. The maximum absolute atomic E-state index is 15.1. The fourth-order valence-electron chi connectivity index (χ4n) is 4.34. The number of aromatic nitrogens is 2. The number of benzene rings is 2. The molecule has 0 radical (unpaired) electrons. The highest BCUT2D eigenvalue weighted by atomic mass is 35.5. The summed E-state index contributed by atoms with van der Waals surface area (Å²) in [4.78, 5) is 19.7. The van der Waals surface area contributed by atoms with Crippen LogP contribution in [0.15, 0.2) is 60.8 Å². The summed E-state index contributed by atoms with van der Waals surface area (Å²) in [6.07, 6.45) is 2.44. The van der Waals surface area contributed by atoms with Crippen LogP contribution in [0, 0.1) is 12.7 Å². The van der Waals surface area contributed by atoms with Crippen LogP contribution in [0.4, 0.5) is 4.39 Å². The SMILES string of the molecule is Cc1cc(Cl)ccc1OCC(=O)N1CCc2nc3ccccn3c2C1c1ccc(Cl)cc1F. The van der Waals surface area contributed by atoms with Crippen LogP contribution in [-0.4, -0.2) is 33.3 Å². The van der Waals surface area contributed by atoms with E-state index in [9.17, 15) is 4.79 Å². The van der Waals surface area contributed by atoms with Crippen molar-refractivity contribution in [2.24, 2.45) is 0 Å². The number of hydrogen-bond donors (Lipinski definition) is 0. The molecular formula is C25H20Cl2FN3O2. The van der Waals surface area contributed by atoms with Crippen molar-refractivity contribution < 1.29 is 13.9 Å². The van der Waals surface area contributed by atoms with Gasteiger partial charge in [-0.05, 0) is 55.0 Å². The van der Waals surface area contributed by atoms with Crippen LogP contribution in [-0.2, 0) is 11.2 Å². The molecule has 0 aliphatic carbocycles. The number of hydrogen-bond acceptors (Lipinski definition) is 3. The topological polar surface area (TPSA) is 46.8 Å². The number of amides is 1. The lowest BCUT2D eigenvalue weighted by molar-refractivity contribution is -0.135. The van der Waals surface area contributed by atoms with Gasteiger partial charge in [0.05, 0.1) is 11.4 Å². The predicted octanol–water partition coefficient (Wildman–Crippen LogP) is 5.64. The molecule has 0 fully saturated rings. The van der Waals surface area contributed by atoms with Crippen molar-refractivity contribution in [1.29, 1.82) is 0 Å². The second-order valence-electron chi connectivity index (χ2n) is 7.98. The van der Waals surface area contributed by atoms with Crippen molar-refractivity contribution in [3.05, 3.63) is 99.2 Å². The minimum absolute atomic E-state index is 0.180. The maximum atomic E-state index is 15.1. The van der Waals surface area contributed by atoms with Crippen molar-refractivity contribution in [2.75, 3.05) is 13.2 Å². The second-order valence-corrected chi connectivity index (χ2v) is 8.85. The van der Waals surface area contributed by atoms with Gasteiger partial charge in [0.15, 0.2) is 6.61 Å². The van der Waals surface area contributed by atoms with Gasteiger partial charge in [-0.2, -0.15) is 0 Å². The number of fused-ring (bicyclic) bond motifs is 3. The van der Waals surface area contributed by atoms with E-state index in [1.807, 2.05) is 35.7 Å². The quantitative estimate of drug-likeness (QED) is 0.377. The number of imidazole rings is 1. The lowest BCUT2D eigenvalue weighted by Gasteiger charge is -2.36. The van der Waals surface area contributed by atoms with Gasteiger partial charge in [0.1, 0.15) is 23.3 Å². The van der Waals surface area contributed by atoms with E-state index in [4.69, 9.17) is 32.9 Å². The normalized spacial score (nSPS) is 15.5. The van der Waals surface area contributed by atoms with Crippen LogP contribution in [0.2, 0.25) is 10.0 Å². The van der Waals surface area contributed by atoms with Crippen molar-refractivity contribution in [3.63, 3.8) is 0 Å². The zero-order valence-electron chi connectivity index (χ0n) is 17.8. The zero-order chi connectivity index (χ0) is 23.1. The minimum Gasteiger partial charge on any atom is -0.483 e. The van der Waals surface area contributed by atoms with Crippen molar-refractivity contribution in [1.82, 2.24) is 14.3 Å². The molecule has 0 spiro atoms. The Kier molecular flexibility index (Phi) is 5.72. The van der Waals surface area contributed by atoms with E-state index in [0.29, 0.717) is 34.3 Å². The molecule has 0 N–H and O–H groups in total. The molecule has 1 amide bonds. The summed E-state index contributed by atoms with van der Waals surface area (Å²) in [5.41, 5.74) is 3.57. The van der Waals surface area contributed by atoms with Gasteiger partial charge >= 0.3 is 0 Å². The molecule has 4 aromatic rings. The van der Waals surface area contributed by atoms with Gasteiger partial charge in [-0.15, -0.1) is 0 Å². The molecule has 5 nitrogen and oxygen atoms in total. The van der Waals surface area contributed by atoms with Crippen molar-refractivity contribution in [2.45, 2.75) is 19.4 Å². The number of rotatable bonds is 4. The summed E-state index contributed by atoms with van der Waals surface area (Å²) >= 11 is 12.0. The third-order valence-electron chi connectivity index (χ3n) is 5.87. The summed E-state index contributed by atoms with van der Waals surface area (Å²) in [5, 5.41) is 0.894. The van der Waals surface area contributed by atoms with Gasteiger partial charge in [0.2, 0.25) is 0 Å². The average Bonchev–Trinajstić information content (AvgIpc) is 3.17. The highest BCUT2D eigenvalue weighted by Gasteiger charge is 2.37. The van der Waals surface area contributed by atoms with Crippen LogP contribution in [0.1, 0.15) is 28.6 Å². The van der Waals surface area contributed by atoms with Crippen molar-refractivity contribution in [3.8, 4) is 5.75 Å². The first kappa shape index (κ1) is 21.7. The molecule has 2 aromatic carbocycles. The van der Waals surface area contributed by atoms with E-state index in [2.05, 4.69) is 0 Å². The monoisotopic (exact) mass is 483 g/mol. The number of ether oxygens (including phenoxy) is 1. The maximum Gasteiger partial charge on any atom is 0.261 e. The van der Waals surface area contributed by atoms with E-state index in [1.165, 1.54) is 6.07 Å². The molecule has 0 saturated carbocycles. The fraction of sp³-hybridized carbons (Fsp3) is 0.200. The Balaban J connectivity index is 1.54. The predicted molar refractivity (Wildman–Crippen MR) is 126 cm³/mol. The van der Waals surface area contributed by atoms with Gasteiger partial charge in [-0.25, -0.2) is 9.37 Å². The third kappa shape index (κ3) is 4.05. The number of carbonyl (C=O) groups excluding carboxylic acids is 1. The van der Waals surface area contributed by atoms with Crippen LogP contribution >= 0.6 is 23.2 Å². The first-order valence-corrected chi connectivity index (χ1v) is 11.3. The second kappa shape index (κ2) is 8.69. The van der Waals surface area contributed by atoms with Crippen LogP contribution < -0.4 is 4.74 Å². The molecular weight excluding hydrogens is 464 g/mol. The van der Waals surface area contributed by atoms with Crippen molar-refractivity contribution >= 4 is 34.8 Å². The van der Waals surface area contributed by atoms with E-state index >= 15 is 4.39 Å². The zero-order valence-corrected chi connectivity index (χ0v) is 19.3. The molecule has 1 aliphatic rings. The Morgan fingerprint density at radius 3 is 2.73 bits per heavy atom. The molecule has 0 saturated heterocycles. The van der Waals surface area contributed by atoms with Gasteiger partial charge in [-0.1, -0.05) is 35.3 Å². The summed E-state index contributed by atoms with van der Waals surface area (Å²) in [5.74, 6) is -0.145. The van der Waals surface area contributed by atoms with Crippen LogP contribution in [0.5, 0.6) is 5.75 Å². The average molecular weight is 484 g/mol. The van der Waals surface area contributed by atoms with Crippen LogP contribution in [0.3, 0.4) is 0 Å². The summed E-state index contributed by atoms with van der Waals surface area (Å²) < 4.78 is 22.8. The van der Waals surface area contributed by atoms with Crippen LogP contribution in [0.25, 0.3) is 5.65 Å². The highest BCUT2D eigenvalue weighted by molar-refractivity contribution is 6.30. The molecule has 5 rings (SSSR count). The Hall–Kier alpha value is -3.09. The standard InChI is InChI=1S/C25H20Cl2FN3O2/c1-15-12-16(26)6-8-21(15)33-14-23(32)31-11-9-20-25(30-10-3-2-4-22(30)29-20)24(31)18-7-5-17(27)13-19(18)28/h2-8,10,12-13,24H,9,11,14H2,1H3. The molecule has 2 aromatic heterocycles. The largest absolute Gasteiger partial charge is 0.483 e. The molecule has 33 heavy (non-hydrogen) atoms. The smallest absolute Gasteiger partial charge is 0.261 e. The number of nitrogens with zero attached hydrogens (tertiary/aromatic N) is 3. The number of aryl methyl sites for hydroxylation is 1. The molecule has 168 valence electrons. The number of pyridine rings is 1. The molecule has 3 heterocycles. The third-order valence-corrected chi connectivity index (χ3v) is 6.34. The van der Waals surface area contributed by atoms with Gasteiger partial charge < -0.3 is 14.0 Å². The Morgan fingerprint density at radius 1 is 1.15 bits per heavy atom. The van der Waals surface area contributed by atoms with Gasteiger partial charge in [-0.3, -0.25) is 4.79 Å². The fourth-order valence-corrected chi connectivity index (χ4v) is 4.73. The lowest BCUT2D eigenvalue weighted by atomic mass is 9.95. The molecule has 1 unspecified atom stereocenters. The number of carbonyl (C=O) groups is 1. The first-order chi connectivity index (χ1) is 15.9. The molecule has 1 aliphatic heterocycles. The van der Waals surface area contributed by atoms with Gasteiger partial charge in [0.25, 0.3) is 5.91 Å². The first-order valence-electron chi connectivity index (χ1n) is 10.5. The minimum atomic E-state index is -0.661. The summed E-state index contributed by atoms with van der Waals surface area (Å²) in [6.45, 7) is 2.08. The Bertz CT molecular complexity index is 1370. The van der Waals surface area contributed by atoms with Gasteiger partial charge in [0, 0.05) is 34.8 Å². The van der Waals surface area contributed by atoms with E-state index in [-0.39, 0.29) is 12.5 Å². The summed E-state index contributed by atoms with van der Waals surface area (Å²) in [7, 11) is 0. The lowest BCUT2D eigenvalue weighted by Crippen LogP contribution is -2.43. The van der Waals surface area contributed by atoms with E-state index < -0.39 is 11.9 Å².